The van der Waals surface area contributed by atoms with Crippen molar-refractivity contribution in [2.24, 2.45) is 5.41 Å². The summed E-state index contributed by atoms with van der Waals surface area (Å²) < 4.78 is 25.2. The van der Waals surface area contributed by atoms with Crippen molar-refractivity contribution < 1.29 is 8.42 Å². The highest BCUT2D eigenvalue weighted by Gasteiger charge is 2.39. The van der Waals surface area contributed by atoms with E-state index in [2.05, 4.69) is 13.8 Å². The highest BCUT2D eigenvalue weighted by molar-refractivity contribution is 7.91. The first kappa shape index (κ1) is 14.9. The number of nitrogen functional groups attached to an aromatic ring is 1. The number of sulfone groups is 1. The van der Waals surface area contributed by atoms with Gasteiger partial charge in [0.05, 0.1) is 23.2 Å². The van der Waals surface area contributed by atoms with Gasteiger partial charge < -0.3 is 5.73 Å². The van der Waals surface area contributed by atoms with Gasteiger partial charge in [0.25, 0.3) is 0 Å². The van der Waals surface area contributed by atoms with Crippen molar-refractivity contribution in [2.75, 3.05) is 17.2 Å². The van der Waals surface area contributed by atoms with Crippen LogP contribution >= 0.6 is 0 Å². The van der Waals surface area contributed by atoms with E-state index in [4.69, 9.17) is 10.8 Å². The van der Waals surface area contributed by atoms with Crippen LogP contribution in [0.4, 0.5) is 5.82 Å². The lowest BCUT2D eigenvalue weighted by Crippen LogP contribution is -2.18. The number of nitrogens with two attached hydrogens (primary N) is 1. The van der Waals surface area contributed by atoms with Crippen molar-refractivity contribution in [3.63, 3.8) is 0 Å². The summed E-state index contributed by atoms with van der Waals surface area (Å²) in [6.07, 6.45) is 4.21. The van der Waals surface area contributed by atoms with Crippen molar-refractivity contribution in [3.8, 4) is 0 Å². The van der Waals surface area contributed by atoms with Crippen LogP contribution in [0.25, 0.3) is 0 Å². The molecule has 5 nitrogen and oxygen atoms in total. The van der Waals surface area contributed by atoms with E-state index in [-0.39, 0.29) is 23.0 Å². The van der Waals surface area contributed by atoms with E-state index in [0.717, 1.165) is 17.7 Å². The summed E-state index contributed by atoms with van der Waals surface area (Å²) >= 11 is 0. The fourth-order valence-electron chi connectivity index (χ4n) is 3.96. The van der Waals surface area contributed by atoms with E-state index in [1.807, 2.05) is 6.92 Å². The number of aromatic nitrogens is 2. The smallest absolute Gasteiger partial charge is 0.152 e. The number of hydrogen-bond acceptors (Lipinski definition) is 4. The minimum Gasteiger partial charge on any atom is -0.384 e. The zero-order valence-electron chi connectivity index (χ0n) is 13.1. The lowest BCUT2D eigenvalue weighted by Gasteiger charge is -2.26. The summed E-state index contributed by atoms with van der Waals surface area (Å²) in [6, 6.07) is -0.0908. The Morgan fingerprint density at radius 3 is 2.57 bits per heavy atom. The number of rotatable bonds is 2. The third kappa shape index (κ3) is 2.47. The van der Waals surface area contributed by atoms with Gasteiger partial charge in [-0.25, -0.2) is 13.1 Å². The Morgan fingerprint density at radius 1 is 1.33 bits per heavy atom. The molecule has 0 bridgehead atoms. The minimum absolute atomic E-state index is 0.0908. The minimum atomic E-state index is -2.92. The van der Waals surface area contributed by atoms with E-state index in [1.165, 1.54) is 12.8 Å². The average Bonchev–Trinajstić information content (AvgIpc) is 2.99. The highest BCUT2D eigenvalue weighted by atomic mass is 32.2. The predicted octanol–water partition coefficient (Wildman–Crippen LogP) is 2.43. The van der Waals surface area contributed by atoms with Gasteiger partial charge in [-0.2, -0.15) is 5.10 Å². The second kappa shape index (κ2) is 4.73. The Labute approximate surface area is 126 Å². The molecule has 0 amide bonds. The van der Waals surface area contributed by atoms with Crippen molar-refractivity contribution in [1.82, 2.24) is 9.78 Å². The predicted molar refractivity (Wildman–Crippen MR) is 84.1 cm³/mol. The van der Waals surface area contributed by atoms with E-state index in [1.54, 1.807) is 4.68 Å². The molecule has 3 rings (SSSR count). The number of anilines is 1. The lowest BCUT2D eigenvalue weighted by molar-refractivity contribution is 0.323. The molecule has 1 saturated heterocycles. The van der Waals surface area contributed by atoms with Crippen molar-refractivity contribution >= 4 is 15.7 Å². The zero-order valence-corrected chi connectivity index (χ0v) is 13.9. The molecule has 118 valence electrons. The molecule has 2 fully saturated rings. The van der Waals surface area contributed by atoms with E-state index >= 15 is 0 Å². The molecule has 2 heterocycles. The quantitative estimate of drug-likeness (QED) is 0.910. The molecule has 21 heavy (non-hydrogen) atoms. The van der Waals surface area contributed by atoms with Crippen LogP contribution in [0.15, 0.2) is 0 Å². The zero-order chi connectivity index (χ0) is 15.4. The summed E-state index contributed by atoms with van der Waals surface area (Å²) in [5.74, 6) is 1.50. The molecule has 1 aliphatic carbocycles. The van der Waals surface area contributed by atoms with E-state index < -0.39 is 9.84 Å². The Balaban J connectivity index is 1.97. The molecular formula is C15H25N3O2S. The van der Waals surface area contributed by atoms with Crippen LogP contribution < -0.4 is 5.73 Å². The SMILES string of the molecule is Cc1c(C2CCCC2(C)C)nn(C2CCS(=O)(=O)C2)c1N. The third-order valence-electron chi connectivity index (χ3n) is 5.37. The summed E-state index contributed by atoms with van der Waals surface area (Å²) in [5, 5.41) is 4.76. The lowest BCUT2D eigenvalue weighted by atomic mass is 9.79. The maximum Gasteiger partial charge on any atom is 0.152 e. The fourth-order valence-corrected chi connectivity index (χ4v) is 5.65. The van der Waals surface area contributed by atoms with Gasteiger partial charge in [-0.15, -0.1) is 0 Å². The first-order chi connectivity index (χ1) is 9.71. The largest absolute Gasteiger partial charge is 0.384 e. The van der Waals surface area contributed by atoms with Gasteiger partial charge >= 0.3 is 0 Å². The molecule has 0 aromatic carbocycles. The molecule has 2 atom stereocenters. The molecule has 1 saturated carbocycles. The molecule has 1 aromatic heterocycles. The highest BCUT2D eigenvalue weighted by Crippen LogP contribution is 2.49. The second-order valence-electron chi connectivity index (χ2n) is 7.33. The second-order valence-corrected chi connectivity index (χ2v) is 9.56. The first-order valence-electron chi connectivity index (χ1n) is 7.76. The Morgan fingerprint density at radius 2 is 2.05 bits per heavy atom. The Kier molecular flexibility index (Phi) is 3.35. The van der Waals surface area contributed by atoms with Crippen molar-refractivity contribution in [2.45, 2.75) is 58.4 Å². The molecule has 1 aromatic rings. The summed E-state index contributed by atoms with van der Waals surface area (Å²) in [6.45, 7) is 6.60. The van der Waals surface area contributed by atoms with Crippen LogP contribution in [0.3, 0.4) is 0 Å². The van der Waals surface area contributed by atoms with Gasteiger partial charge in [0, 0.05) is 11.5 Å². The summed E-state index contributed by atoms with van der Waals surface area (Å²) in [4.78, 5) is 0. The summed E-state index contributed by atoms with van der Waals surface area (Å²) in [7, 11) is -2.92. The van der Waals surface area contributed by atoms with Gasteiger partial charge in [0.2, 0.25) is 0 Å². The van der Waals surface area contributed by atoms with Crippen LogP contribution in [-0.2, 0) is 9.84 Å². The maximum atomic E-state index is 11.7. The normalized spacial score (nSPS) is 30.8. The van der Waals surface area contributed by atoms with Crippen molar-refractivity contribution in [1.29, 1.82) is 0 Å². The maximum absolute atomic E-state index is 11.7. The van der Waals surface area contributed by atoms with Crippen LogP contribution in [-0.4, -0.2) is 29.7 Å². The van der Waals surface area contributed by atoms with E-state index in [9.17, 15) is 8.42 Å². The molecular weight excluding hydrogens is 286 g/mol. The monoisotopic (exact) mass is 311 g/mol. The first-order valence-corrected chi connectivity index (χ1v) is 9.58. The van der Waals surface area contributed by atoms with Gasteiger partial charge in [0.15, 0.2) is 9.84 Å². The standard InChI is InChI=1S/C15H25N3O2S/c1-10-13(12-5-4-7-15(12,2)3)17-18(14(10)16)11-6-8-21(19,20)9-11/h11-12H,4-9,16H2,1-3H3. The topological polar surface area (TPSA) is 78.0 Å². The third-order valence-corrected chi connectivity index (χ3v) is 7.12. The molecule has 2 unspecified atom stereocenters. The Hall–Kier alpha value is -1.04. The number of nitrogens with zero attached hydrogens (tertiary/aromatic N) is 2. The molecule has 1 aliphatic heterocycles. The average molecular weight is 311 g/mol. The van der Waals surface area contributed by atoms with Gasteiger partial charge in [-0.3, -0.25) is 0 Å². The van der Waals surface area contributed by atoms with Crippen molar-refractivity contribution in [3.05, 3.63) is 11.3 Å². The molecule has 0 spiro atoms. The van der Waals surface area contributed by atoms with Crippen LogP contribution in [0.1, 0.15) is 62.7 Å². The van der Waals surface area contributed by atoms with Gasteiger partial charge in [-0.05, 0) is 31.6 Å². The van der Waals surface area contributed by atoms with Gasteiger partial charge in [0.1, 0.15) is 5.82 Å². The summed E-state index contributed by atoms with van der Waals surface area (Å²) in [5.41, 5.74) is 8.61. The molecule has 0 radical (unpaired) electrons. The molecule has 2 aliphatic rings. The van der Waals surface area contributed by atoms with E-state index in [0.29, 0.717) is 18.2 Å². The molecule has 2 N–H and O–H groups in total. The fraction of sp³-hybridized carbons (Fsp3) is 0.800. The van der Waals surface area contributed by atoms with Gasteiger partial charge in [-0.1, -0.05) is 20.3 Å². The Bertz CT molecular complexity index is 661. The number of hydrogen-bond donors (Lipinski definition) is 1. The van der Waals surface area contributed by atoms with Crippen LogP contribution in [0, 0.1) is 12.3 Å². The van der Waals surface area contributed by atoms with Crippen LogP contribution in [0.5, 0.6) is 0 Å². The molecule has 6 heteroatoms. The van der Waals surface area contributed by atoms with Crippen LogP contribution in [0.2, 0.25) is 0 Å².